The molecule has 0 N–H and O–H groups in total. The van der Waals surface area contributed by atoms with E-state index in [1.807, 2.05) is 97.1 Å². The Morgan fingerprint density at radius 1 is 0.333 bits per heavy atom. The third kappa shape index (κ3) is 5.98. The van der Waals surface area contributed by atoms with E-state index < -0.39 is 7.14 Å². The molecule has 0 amide bonds. The van der Waals surface area contributed by atoms with Gasteiger partial charge in [0.1, 0.15) is 0 Å². The lowest BCUT2D eigenvalue weighted by Gasteiger charge is -2.20. The van der Waals surface area contributed by atoms with E-state index in [1.54, 1.807) is 0 Å². The fraction of sp³-hybridized carbons (Fsp3) is 0. The highest BCUT2D eigenvalue weighted by Gasteiger charge is 2.31. The van der Waals surface area contributed by atoms with E-state index in [9.17, 15) is 0 Å². The minimum absolute atomic E-state index is 0.644. The van der Waals surface area contributed by atoms with E-state index in [-0.39, 0.29) is 0 Å². The Labute approximate surface area is 380 Å². The molecule has 66 heavy (non-hydrogen) atoms. The Morgan fingerprint density at radius 3 is 1.53 bits per heavy atom. The molecular weight excluding hydrogens is 824 g/mol. The second-order valence-corrected chi connectivity index (χ2v) is 19.7. The van der Waals surface area contributed by atoms with Crippen LogP contribution in [0, 0.1) is 0 Å². The molecule has 0 aliphatic heterocycles. The van der Waals surface area contributed by atoms with Gasteiger partial charge >= 0.3 is 0 Å². The summed E-state index contributed by atoms with van der Waals surface area (Å²) in [5.41, 5.74) is 11.1. The fourth-order valence-electron chi connectivity index (χ4n) is 10.1. The molecule has 0 aliphatic rings. The largest absolute Gasteiger partial charge is 0.309 e. The molecule has 0 unspecified atom stereocenters. The molecule has 4 aromatic heterocycles. The van der Waals surface area contributed by atoms with E-state index in [1.165, 1.54) is 16.2 Å². The second kappa shape index (κ2) is 15.1. The summed E-state index contributed by atoms with van der Waals surface area (Å²) in [5, 5.41) is 9.29. The van der Waals surface area contributed by atoms with Gasteiger partial charge in [-0.2, -0.15) is 0 Å². The van der Waals surface area contributed by atoms with Crippen molar-refractivity contribution in [2.24, 2.45) is 0 Å². The van der Waals surface area contributed by atoms with Gasteiger partial charge in [0.15, 0.2) is 13.0 Å². The number of benzene rings is 9. The predicted octanol–water partition coefficient (Wildman–Crippen LogP) is 13.9. The first kappa shape index (κ1) is 38.1. The van der Waals surface area contributed by atoms with Crippen LogP contribution in [0.15, 0.2) is 237 Å². The van der Waals surface area contributed by atoms with Gasteiger partial charge in [0.25, 0.3) is 0 Å². The van der Waals surface area contributed by atoms with Gasteiger partial charge in [-0.15, -0.1) is 0 Å². The number of hydrogen-bond donors (Lipinski definition) is 0. The van der Waals surface area contributed by atoms with Crippen molar-refractivity contribution in [3.63, 3.8) is 0 Å². The molecule has 6 heteroatoms. The first-order valence-electron chi connectivity index (χ1n) is 22.3. The standard InChI is InChI=1S/C60H39N4OP/c65-66(45-24-9-3-10-25-45,46-26-11-4-12-27-46)47-32-33-56-52(37-47)51-35-43-36-58-50-30-14-13-28-48(50)49-29-15-16-31-55(49)64(58)57(43)39-59(51)63(56)44-23-17-22-42(34-44)60-61-53(40-18-5-1-6-19-40)38-54(62-60)41-20-7-2-8-21-41/h1-39H. The molecule has 13 rings (SSSR count). The second-order valence-electron chi connectivity index (χ2n) is 16.9. The van der Waals surface area contributed by atoms with Crippen LogP contribution in [0.4, 0.5) is 0 Å². The summed E-state index contributed by atoms with van der Waals surface area (Å²) >= 11 is 0. The van der Waals surface area contributed by atoms with Gasteiger partial charge in [0, 0.05) is 65.2 Å². The minimum atomic E-state index is -3.29. The van der Waals surface area contributed by atoms with Crippen LogP contribution in [0.3, 0.4) is 0 Å². The summed E-state index contributed by atoms with van der Waals surface area (Å²) in [6.07, 6.45) is 0. The molecule has 0 spiro atoms. The summed E-state index contributed by atoms with van der Waals surface area (Å²) in [4.78, 5) is 10.4. The third-order valence-corrected chi connectivity index (χ3v) is 16.2. The van der Waals surface area contributed by atoms with E-state index in [0.29, 0.717) is 5.82 Å². The maximum atomic E-state index is 15.9. The number of para-hydroxylation sites is 1. The summed E-state index contributed by atoms with van der Waals surface area (Å²) in [5.74, 6) is 0.644. The molecular formula is C60H39N4OP. The topological polar surface area (TPSA) is 52.2 Å². The Hall–Kier alpha value is -8.37. The Morgan fingerprint density at radius 2 is 0.879 bits per heavy atom. The molecule has 0 atom stereocenters. The zero-order valence-corrected chi connectivity index (χ0v) is 36.6. The van der Waals surface area contributed by atoms with Crippen molar-refractivity contribution < 1.29 is 4.57 Å². The van der Waals surface area contributed by atoms with Crippen molar-refractivity contribution in [3.8, 4) is 39.6 Å². The molecule has 5 nitrogen and oxygen atoms in total. The van der Waals surface area contributed by atoms with Crippen LogP contribution < -0.4 is 15.9 Å². The molecule has 0 fully saturated rings. The maximum Gasteiger partial charge on any atom is 0.171 e. The quantitative estimate of drug-likeness (QED) is 0.118. The van der Waals surface area contributed by atoms with Gasteiger partial charge in [0.2, 0.25) is 0 Å². The summed E-state index contributed by atoms with van der Waals surface area (Å²) in [6, 6.07) is 81.9. The number of hydrogen-bond acceptors (Lipinski definition) is 3. The minimum Gasteiger partial charge on any atom is -0.309 e. The van der Waals surface area contributed by atoms with E-state index in [0.717, 1.165) is 93.4 Å². The monoisotopic (exact) mass is 862 g/mol. The number of pyridine rings is 1. The highest BCUT2D eigenvalue weighted by Crippen LogP contribution is 2.45. The van der Waals surface area contributed by atoms with Gasteiger partial charge in [-0.1, -0.05) is 176 Å². The Balaban J connectivity index is 1.10. The van der Waals surface area contributed by atoms with Crippen molar-refractivity contribution in [3.05, 3.63) is 237 Å². The van der Waals surface area contributed by atoms with Gasteiger partial charge < -0.3 is 13.5 Å². The van der Waals surface area contributed by atoms with Crippen molar-refractivity contribution in [1.82, 2.24) is 18.9 Å². The zero-order valence-electron chi connectivity index (χ0n) is 35.7. The molecule has 310 valence electrons. The van der Waals surface area contributed by atoms with E-state index in [4.69, 9.17) is 9.97 Å². The summed E-state index contributed by atoms with van der Waals surface area (Å²) in [7, 11) is -3.29. The summed E-state index contributed by atoms with van der Waals surface area (Å²) < 4.78 is 20.7. The van der Waals surface area contributed by atoms with Gasteiger partial charge in [-0.05, 0) is 66.0 Å². The molecule has 0 saturated heterocycles. The number of aromatic nitrogens is 4. The molecule has 0 radical (unpaired) electrons. The number of fused-ring (bicyclic) bond motifs is 11. The number of rotatable bonds is 7. The van der Waals surface area contributed by atoms with Gasteiger partial charge in [0.05, 0.1) is 39.0 Å². The van der Waals surface area contributed by atoms with Crippen LogP contribution in [0.1, 0.15) is 0 Å². The van der Waals surface area contributed by atoms with E-state index in [2.05, 4.69) is 148 Å². The normalized spacial score (nSPS) is 12.0. The SMILES string of the molecule is O=P(c1ccccc1)(c1ccccc1)c1ccc2c(c1)c1cc3cc4c5ccccc5c5ccccc5n4c3cc1n2-c1cccc(-c2nc(-c3ccccc3)cc(-c3ccccc3)n2)c1. The van der Waals surface area contributed by atoms with Crippen LogP contribution in [-0.2, 0) is 4.57 Å². The lowest BCUT2D eigenvalue weighted by molar-refractivity contribution is 0.592. The first-order chi connectivity index (χ1) is 32.6. The highest BCUT2D eigenvalue weighted by molar-refractivity contribution is 7.85. The smallest absolute Gasteiger partial charge is 0.171 e. The van der Waals surface area contributed by atoms with Crippen molar-refractivity contribution in [1.29, 1.82) is 0 Å². The number of nitrogens with zero attached hydrogens (tertiary/aromatic N) is 4. The fourth-order valence-corrected chi connectivity index (χ4v) is 12.8. The van der Waals surface area contributed by atoms with Gasteiger partial charge in [-0.25, -0.2) is 9.97 Å². The lowest BCUT2D eigenvalue weighted by Crippen LogP contribution is -2.24. The maximum absolute atomic E-state index is 15.9. The molecule has 0 aliphatic carbocycles. The molecule has 0 bridgehead atoms. The van der Waals surface area contributed by atoms with E-state index >= 15 is 4.57 Å². The van der Waals surface area contributed by atoms with Crippen LogP contribution in [0.5, 0.6) is 0 Å². The molecule has 0 saturated carbocycles. The average Bonchev–Trinajstić information content (AvgIpc) is 3.94. The third-order valence-electron chi connectivity index (χ3n) is 13.1. The highest BCUT2D eigenvalue weighted by atomic mass is 31.2. The molecule has 9 aromatic carbocycles. The molecule has 4 heterocycles. The van der Waals surface area contributed by atoms with Crippen LogP contribution in [0.25, 0.3) is 99.5 Å². The van der Waals surface area contributed by atoms with Crippen molar-refractivity contribution in [2.75, 3.05) is 0 Å². The van der Waals surface area contributed by atoms with Crippen LogP contribution >= 0.6 is 7.14 Å². The Kier molecular flexibility index (Phi) is 8.74. The predicted molar refractivity (Wildman–Crippen MR) is 276 cm³/mol. The molecule has 13 aromatic rings. The lowest BCUT2D eigenvalue weighted by atomic mass is 10.1. The van der Waals surface area contributed by atoms with Crippen LogP contribution in [0.2, 0.25) is 0 Å². The zero-order chi connectivity index (χ0) is 43.8. The first-order valence-corrected chi connectivity index (χ1v) is 24.0. The van der Waals surface area contributed by atoms with Crippen LogP contribution in [-0.4, -0.2) is 18.9 Å². The summed E-state index contributed by atoms with van der Waals surface area (Å²) in [6.45, 7) is 0. The average molecular weight is 863 g/mol. The van der Waals surface area contributed by atoms with Gasteiger partial charge in [-0.3, -0.25) is 0 Å². The Bertz CT molecular complexity index is 3970. The van der Waals surface area contributed by atoms with Crippen molar-refractivity contribution in [2.45, 2.75) is 0 Å². The van der Waals surface area contributed by atoms with Crippen molar-refractivity contribution >= 4 is 83.0 Å².